The smallest absolute Gasteiger partial charge is 0.303 e. The van der Waals surface area contributed by atoms with Crippen LogP contribution in [0.1, 0.15) is 34.1 Å². The van der Waals surface area contributed by atoms with Crippen molar-refractivity contribution in [2.45, 2.75) is 58.7 Å². The summed E-state index contributed by atoms with van der Waals surface area (Å²) in [7, 11) is 0. The monoisotopic (exact) mass is 298 g/mol. The van der Waals surface area contributed by atoms with Crippen molar-refractivity contribution in [3.05, 3.63) is 0 Å². The van der Waals surface area contributed by atoms with Gasteiger partial charge in [-0.05, 0) is 6.42 Å². The van der Waals surface area contributed by atoms with Crippen LogP contribution in [0.25, 0.3) is 0 Å². The van der Waals surface area contributed by atoms with Crippen molar-refractivity contribution in [3.63, 3.8) is 0 Å². The van der Waals surface area contributed by atoms with Crippen LogP contribution in [-0.4, -0.2) is 43.1 Å². The molecule has 0 amide bonds. The second-order valence-corrected chi connectivity index (χ2v) is 4.97. The van der Waals surface area contributed by atoms with Gasteiger partial charge in [0.1, 0.15) is 12.7 Å². The van der Waals surface area contributed by atoms with E-state index in [2.05, 4.69) is 5.92 Å². The molecule has 0 aromatic carbocycles. The lowest BCUT2D eigenvalue weighted by atomic mass is 9.89. The lowest BCUT2D eigenvalue weighted by molar-refractivity contribution is -0.287. The van der Waals surface area contributed by atoms with Gasteiger partial charge in [-0.1, -0.05) is 19.8 Å². The van der Waals surface area contributed by atoms with E-state index in [0.717, 1.165) is 0 Å². The van der Waals surface area contributed by atoms with Crippen molar-refractivity contribution in [1.29, 1.82) is 0 Å². The number of ether oxygens (including phenoxy) is 4. The Bertz CT molecular complexity index is 413. The first kappa shape index (κ1) is 17.5. The summed E-state index contributed by atoms with van der Waals surface area (Å²) >= 11 is 0. The van der Waals surface area contributed by atoms with Gasteiger partial charge in [0.15, 0.2) is 12.4 Å². The molecule has 0 saturated carbocycles. The first-order chi connectivity index (χ1) is 9.90. The normalized spacial score (nSPS) is 32.0. The largest absolute Gasteiger partial charge is 0.458 e. The molecule has 0 aromatic rings. The maximum Gasteiger partial charge on any atom is 0.303 e. The first-order valence-corrected chi connectivity index (χ1v) is 6.95. The maximum atomic E-state index is 11.3. The molecule has 0 spiro atoms. The molecule has 1 heterocycles. The molecule has 0 radical (unpaired) electrons. The highest BCUT2D eigenvalue weighted by Gasteiger charge is 2.47. The van der Waals surface area contributed by atoms with Crippen molar-refractivity contribution >= 4 is 11.9 Å². The quantitative estimate of drug-likeness (QED) is 0.562. The molecule has 118 valence electrons. The van der Waals surface area contributed by atoms with Gasteiger partial charge in [0.05, 0.1) is 6.10 Å². The predicted octanol–water partition coefficient (Wildman–Crippen LogP) is 1.27. The highest BCUT2D eigenvalue weighted by molar-refractivity contribution is 5.67. The molecule has 5 atom stereocenters. The Hall–Kier alpha value is -1.58. The van der Waals surface area contributed by atoms with Gasteiger partial charge >= 0.3 is 11.9 Å². The van der Waals surface area contributed by atoms with E-state index in [1.165, 1.54) is 13.8 Å². The predicted molar refractivity (Wildman–Crippen MR) is 74.0 cm³/mol. The average Bonchev–Trinajstić information content (AvgIpc) is 2.41. The van der Waals surface area contributed by atoms with Gasteiger partial charge in [-0.25, -0.2) is 0 Å². The van der Waals surface area contributed by atoms with Gasteiger partial charge in [-0.2, -0.15) is 0 Å². The van der Waals surface area contributed by atoms with E-state index in [0.29, 0.717) is 6.42 Å². The molecule has 1 aliphatic rings. The highest BCUT2D eigenvalue weighted by atomic mass is 16.7. The summed E-state index contributed by atoms with van der Waals surface area (Å²) in [6.07, 6.45) is 3.39. The molecule has 6 nitrogen and oxygen atoms in total. The third-order valence-electron chi connectivity index (χ3n) is 3.34. The zero-order valence-electron chi connectivity index (χ0n) is 12.8. The number of rotatable bonds is 5. The Morgan fingerprint density at radius 2 is 1.76 bits per heavy atom. The molecule has 0 N–H and O–H groups in total. The van der Waals surface area contributed by atoms with Gasteiger partial charge in [0.25, 0.3) is 0 Å². The molecule has 1 rings (SSSR count). The molecular formula is C15H22O6. The number of esters is 2. The van der Waals surface area contributed by atoms with E-state index in [-0.39, 0.29) is 18.6 Å². The Balaban J connectivity index is 3.00. The SMILES string of the molecule is C#CCO[C@@H]1OC(CC)[C@H](C)C(OC(C)=O)C1OC(C)=O. The standard InChI is InChI=1S/C15H22O6/c1-6-8-18-15-14(20-11(5)17)13(19-10(4)16)9(3)12(7-2)21-15/h1,9,12-15H,7-8H2,2-5H3/t9-,12?,13?,14?,15+/m0/s1. The van der Waals surface area contributed by atoms with Gasteiger partial charge in [0.2, 0.25) is 0 Å². The topological polar surface area (TPSA) is 71.1 Å². The lowest BCUT2D eigenvalue weighted by Gasteiger charge is -2.43. The van der Waals surface area contributed by atoms with E-state index >= 15 is 0 Å². The highest BCUT2D eigenvalue weighted by Crippen LogP contribution is 2.32. The summed E-state index contributed by atoms with van der Waals surface area (Å²) < 4.78 is 21.8. The maximum absolute atomic E-state index is 11.3. The number of carbonyl (C=O) groups is 2. The lowest BCUT2D eigenvalue weighted by Crippen LogP contribution is -2.57. The molecule has 3 unspecified atom stereocenters. The Morgan fingerprint density at radius 3 is 2.24 bits per heavy atom. The molecule has 0 aliphatic carbocycles. The van der Waals surface area contributed by atoms with Crippen LogP contribution in [0.15, 0.2) is 0 Å². The summed E-state index contributed by atoms with van der Waals surface area (Å²) in [6.45, 7) is 6.44. The van der Waals surface area contributed by atoms with Gasteiger partial charge in [-0.3, -0.25) is 9.59 Å². The summed E-state index contributed by atoms with van der Waals surface area (Å²) in [5.41, 5.74) is 0. The van der Waals surface area contributed by atoms with Crippen LogP contribution >= 0.6 is 0 Å². The number of terminal acetylenes is 1. The minimum Gasteiger partial charge on any atom is -0.458 e. The second-order valence-electron chi connectivity index (χ2n) is 4.97. The Kier molecular flexibility index (Phi) is 6.66. The van der Waals surface area contributed by atoms with E-state index in [4.69, 9.17) is 25.4 Å². The van der Waals surface area contributed by atoms with Crippen LogP contribution in [0.4, 0.5) is 0 Å². The van der Waals surface area contributed by atoms with Crippen molar-refractivity contribution in [3.8, 4) is 12.3 Å². The van der Waals surface area contributed by atoms with Crippen molar-refractivity contribution in [1.82, 2.24) is 0 Å². The third kappa shape index (κ3) is 4.73. The molecule has 21 heavy (non-hydrogen) atoms. The van der Waals surface area contributed by atoms with Crippen LogP contribution in [-0.2, 0) is 28.5 Å². The van der Waals surface area contributed by atoms with Crippen LogP contribution in [0.3, 0.4) is 0 Å². The Morgan fingerprint density at radius 1 is 1.19 bits per heavy atom. The second kappa shape index (κ2) is 8.01. The minimum absolute atomic E-state index is 0.0139. The Labute approximate surface area is 125 Å². The fourth-order valence-corrected chi connectivity index (χ4v) is 2.45. The molecule has 6 heteroatoms. The van der Waals surface area contributed by atoms with E-state index < -0.39 is 30.4 Å². The summed E-state index contributed by atoms with van der Waals surface area (Å²) in [5.74, 6) is 1.26. The number of carbonyl (C=O) groups excluding carboxylic acids is 2. The van der Waals surface area contributed by atoms with Crippen molar-refractivity contribution in [2.24, 2.45) is 5.92 Å². The summed E-state index contributed by atoms with van der Waals surface area (Å²) in [5, 5.41) is 0. The van der Waals surface area contributed by atoms with E-state index in [1.807, 2.05) is 13.8 Å². The van der Waals surface area contributed by atoms with Gasteiger partial charge in [-0.15, -0.1) is 6.42 Å². The van der Waals surface area contributed by atoms with Crippen LogP contribution < -0.4 is 0 Å². The molecular weight excluding hydrogens is 276 g/mol. The van der Waals surface area contributed by atoms with Crippen LogP contribution in [0, 0.1) is 18.3 Å². The zero-order chi connectivity index (χ0) is 16.0. The van der Waals surface area contributed by atoms with Gasteiger partial charge in [0, 0.05) is 19.8 Å². The van der Waals surface area contributed by atoms with Gasteiger partial charge < -0.3 is 18.9 Å². The van der Waals surface area contributed by atoms with E-state index in [9.17, 15) is 9.59 Å². The summed E-state index contributed by atoms with van der Waals surface area (Å²) in [4.78, 5) is 22.6. The fraction of sp³-hybridized carbons (Fsp3) is 0.733. The van der Waals surface area contributed by atoms with Crippen LogP contribution in [0.5, 0.6) is 0 Å². The third-order valence-corrected chi connectivity index (χ3v) is 3.34. The molecule has 0 bridgehead atoms. The molecule has 1 saturated heterocycles. The summed E-state index contributed by atoms with van der Waals surface area (Å²) in [6, 6.07) is 0. The van der Waals surface area contributed by atoms with Crippen LogP contribution in [0.2, 0.25) is 0 Å². The number of hydrogen-bond acceptors (Lipinski definition) is 6. The minimum atomic E-state index is -0.851. The number of hydrogen-bond donors (Lipinski definition) is 0. The average molecular weight is 298 g/mol. The molecule has 0 aromatic heterocycles. The van der Waals surface area contributed by atoms with E-state index in [1.54, 1.807) is 0 Å². The van der Waals surface area contributed by atoms with Crippen molar-refractivity contribution < 1.29 is 28.5 Å². The fourth-order valence-electron chi connectivity index (χ4n) is 2.45. The molecule has 1 fully saturated rings. The zero-order valence-corrected chi connectivity index (χ0v) is 12.8. The molecule has 1 aliphatic heterocycles. The van der Waals surface area contributed by atoms with Crippen molar-refractivity contribution in [2.75, 3.05) is 6.61 Å². The first-order valence-electron chi connectivity index (χ1n) is 6.95.